The number of ether oxygens (including phenoxy) is 2. The lowest BCUT2D eigenvalue weighted by Gasteiger charge is -2.15. The Hall–Kier alpha value is -3.44. The summed E-state index contributed by atoms with van der Waals surface area (Å²) in [7, 11) is 0. The first-order chi connectivity index (χ1) is 45.1. The van der Waals surface area contributed by atoms with Gasteiger partial charge in [-0.1, -0.05) is 419 Å². The molecule has 0 saturated heterocycles. The lowest BCUT2D eigenvalue weighted by Crippen LogP contribution is -2.28. The van der Waals surface area contributed by atoms with Crippen molar-refractivity contribution in [3.05, 3.63) is 109 Å². The van der Waals surface area contributed by atoms with Gasteiger partial charge in [0.15, 0.2) is 6.10 Å². The summed E-state index contributed by atoms with van der Waals surface area (Å²) in [6.07, 6.45) is 117. The van der Waals surface area contributed by atoms with Crippen LogP contribution in [0.15, 0.2) is 109 Å². The Morgan fingerprint density at radius 1 is 0.264 bits per heavy atom. The molecular formula is C86H152O5. The Bertz CT molecular complexity index is 1730. The molecule has 0 aromatic rings. The SMILES string of the molecule is CC/C=C\C/C=C\C/C=C\C/C=C\C/C=C\C/C=C\C/C=C\C/C=C\C/C=C\CCCCCCCCCCCC(=O)OC(CO)COC(=O)CCCCCCCCCCCCCCCCCCCCCCCCCCCCCCCCCCCCCCCCCC. The maximum Gasteiger partial charge on any atom is 0.306 e. The van der Waals surface area contributed by atoms with Crippen LogP contribution in [0.5, 0.6) is 0 Å². The van der Waals surface area contributed by atoms with E-state index < -0.39 is 6.10 Å². The van der Waals surface area contributed by atoms with Crippen molar-refractivity contribution >= 4 is 11.9 Å². The number of rotatable bonds is 74. The van der Waals surface area contributed by atoms with E-state index in [1.165, 1.54) is 276 Å². The van der Waals surface area contributed by atoms with Crippen LogP contribution >= 0.6 is 0 Å². The van der Waals surface area contributed by atoms with Gasteiger partial charge in [-0.2, -0.15) is 0 Å². The Labute approximate surface area is 567 Å². The molecular weight excluding hydrogens is 1110 g/mol. The van der Waals surface area contributed by atoms with Gasteiger partial charge in [-0.25, -0.2) is 0 Å². The summed E-state index contributed by atoms with van der Waals surface area (Å²) in [6.45, 7) is 4.07. The summed E-state index contributed by atoms with van der Waals surface area (Å²) < 4.78 is 10.8. The van der Waals surface area contributed by atoms with Crippen LogP contribution in [0, 0.1) is 0 Å². The maximum absolute atomic E-state index is 12.4. The summed E-state index contributed by atoms with van der Waals surface area (Å²) in [5.74, 6) is -0.585. The average molecular weight is 1270 g/mol. The molecule has 526 valence electrons. The van der Waals surface area contributed by atoms with E-state index in [0.717, 1.165) is 103 Å². The minimum atomic E-state index is -0.782. The molecule has 0 saturated carbocycles. The molecule has 0 aliphatic rings. The van der Waals surface area contributed by atoms with Gasteiger partial charge in [0.1, 0.15) is 6.61 Å². The highest BCUT2D eigenvalue weighted by atomic mass is 16.6. The summed E-state index contributed by atoms with van der Waals surface area (Å²) in [5, 5.41) is 9.73. The topological polar surface area (TPSA) is 72.8 Å². The zero-order valence-corrected chi connectivity index (χ0v) is 60.6. The molecule has 0 bridgehead atoms. The van der Waals surface area contributed by atoms with E-state index in [1.54, 1.807) is 0 Å². The van der Waals surface area contributed by atoms with Crippen LogP contribution in [-0.4, -0.2) is 36.4 Å². The van der Waals surface area contributed by atoms with E-state index >= 15 is 0 Å². The van der Waals surface area contributed by atoms with Crippen molar-refractivity contribution in [1.29, 1.82) is 0 Å². The van der Waals surface area contributed by atoms with E-state index in [9.17, 15) is 14.7 Å². The lowest BCUT2D eigenvalue weighted by atomic mass is 10.0. The molecule has 0 amide bonds. The fourth-order valence-corrected chi connectivity index (χ4v) is 11.9. The van der Waals surface area contributed by atoms with Crippen molar-refractivity contribution < 1.29 is 24.2 Å². The second-order valence-corrected chi connectivity index (χ2v) is 26.8. The molecule has 91 heavy (non-hydrogen) atoms. The van der Waals surface area contributed by atoms with Crippen molar-refractivity contribution in [3.63, 3.8) is 0 Å². The molecule has 0 aliphatic heterocycles. The molecule has 5 heteroatoms. The maximum atomic E-state index is 12.4. The summed E-state index contributed by atoms with van der Waals surface area (Å²) >= 11 is 0. The van der Waals surface area contributed by atoms with E-state index in [4.69, 9.17) is 9.47 Å². The van der Waals surface area contributed by atoms with E-state index in [1.807, 2.05) is 0 Å². The van der Waals surface area contributed by atoms with Gasteiger partial charge in [0, 0.05) is 12.8 Å². The summed E-state index contributed by atoms with van der Waals surface area (Å²) in [5.41, 5.74) is 0. The predicted molar refractivity (Wildman–Crippen MR) is 403 cm³/mol. The van der Waals surface area contributed by atoms with E-state index in [2.05, 4.69) is 123 Å². The number of aliphatic hydroxyl groups excluding tert-OH is 1. The number of hydrogen-bond donors (Lipinski definition) is 1. The molecule has 1 atom stereocenters. The van der Waals surface area contributed by atoms with Gasteiger partial charge in [-0.15, -0.1) is 0 Å². The number of unbranched alkanes of at least 4 members (excludes halogenated alkanes) is 48. The molecule has 0 spiro atoms. The molecule has 0 radical (unpaired) electrons. The minimum Gasteiger partial charge on any atom is -0.462 e. The smallest absolute Gasteiger partial charge is 0.306 e. The Morgan fingerprint density at radius 2 is 0.473 bits per heavy atom. The molecule has 0 heterocycles. The minimum absolute atomic E-state index is 0.0692. The van der Waals surface area contributed by atoms with Gasteiger partial charge in [-0.3, -0.25) is 9.59 Å². The van der Waals surface area contributed by atoms with Crippen molar-refractivity contribution in [3.8, 4) is 0 Å². The van der Waals surface area contributed by atoms with Gasteiger partial charge in [0.2, 0.25) is 0 Å². The van der Waals surface area contributed by atoms with Crippen LogP contribution in [0.2, 0.25) is 0 Å². The molecule has 0 aliphatic carbocycles. The number of carbonyl (C=O) groups is 2. The summed E-state index contributed by atoms with van der Waals surface area (Å²) in [6, 6.07) is 0. The first kappa shape index (κ1) is 87.6. The van der Waals surface area contributed by atoms with Gasteiger partial charge in [0.05, 0.1) is 6.61 Å². The standard InChI is InChI=1S/C86H152O5/c1-3-5-7-9-11-13-15-17-19-21-23-25-27-29-31-33-35-37-39-41-42-43-45-46-48-50-52-54-56-58-60-62-64-66-68-70-72-74-76-78-80-85(88)90-83-84(82-87)91-86(89)81-79-77-75-73-71-69-67-65-63-61-59-57-55-53-51-49-47-44-40-38-36-34-32-30-28-26-24-22-20-18-16-14-12-10-8-6-4-2/h6,8,12,14,18,20,24,26,30,32,36,38,44,47,51,53,57,59,84,87H,3-5,7,9-11,13,15-17,19,21-23,25,27-29,31,33-35,37,39-43,45-46,48-50,52,54-56,58,60-83H2,1-2H3/b8-6-,14-12-,20-18-,26-24-,32-30-,38-36-,47-44-,53-51-,59-57-. The highest BCUT2D eigenvalue weighted by Crippen LogP contribution is 2.19. The van der Waals surface area contributed by atoms with Crippen LogP contribution in [0.3, 0.4) is 0 Å². The first-order valence-electron chi connectivity index (χ1n) is 39.9. The number of carbonyl (C=O) groups excluding carboxylic acids is 2. The number of allylic oxidation sites excluding steroid dienone is 18. The lowest BCUT2D eigenvalue weighted by molar-refractivity contribution is -0.161. The number of aliphatic hydroxyl groups is 1. The molecule has 0 aromatic heterocycles. The van der Waals surface area contributed by atoms with Crippen LogP contribution in [0.4, 0.5) is 0 Å². The predicted octanol–water partition coefficient (Wildman–Crippen LogP) is 28.3. The van der Waals surface area contributed by atoms with Gasteiger partial charge < -0.3 is 14.6 Å². The first-order valence-corrected chi connectivity index (χ1v) is 39.9. The molecule has 5 nitrogen and oxygen atoms in total. The van der Waals surface area contributed by atoms with Crippen molar-refractivity contribution in [2.75, 3.05) is 13.2 Å². The van der Waals surface area contributed by atoms with E-state index in [-0.39, 0.29) is 25.2 Å². The fourth-order valence-electron chi connectivity index (χ4n) is 11.9. The third kappa shape index (κ3) is 78.9. The van der Waals surface area contributed by atoms with Crippen molar-refractivity contribution in [2.45, 2.75) is 412 Å². The monoisotopic (exact) mass is 1270 g/mol. The largest absolute Gasteiger partial charge is 0.462 e. The third-order valence-corrected chi connectivity index (χ3v) is 17.8. The second-order valence-electron chi connectivity index (χ2n) is 26.8. The van der Waals surface area contributed by atoms with Crippen LogP contribution in [0.1, 0.15) is 406 Å². The van der Waals surface area contributed by atoms with Crippen molar-refractivity contribution in [2.24, 2.45) is 0 Å². The average Bonchev–Trinajstić information content (AvgIpc) is 3.69. The van der Waals surface area contributed by atoms with Crippen LogP contribution in [0.25, 0.3) is 0 Å². The molecule has 0 fully saturated rings. The van der Waals surface area contributed by atoms with E-state index in [0.29, 0.717) is 12.8 Å². The highest BCUT2D eigenvalue weighted by molar-refractivity contribution is 5.70. The van der Waals surface area contributed by atoms with Gasteiger partial charge in [0.25, 0.3) is 0 Å². The second kappa shape index (κ2) is 80.8. The fraction of sp³-hybridized carbons (Fsp3) is 0.767. The Morgan fingerprint density at radius 3 is 0.714 bits per heavy atom. The highest BCUT2D eigenvalue weighted by Gasteiger charge is 2.16. The number of hydrogen-bond acceptors (Lipinski definition) is 5. The Kier molecular flexibility index (Phi) is 77.7. The third-order valence-electron chi connectivity index (χ3n) is 17.8. The molecule has 0 aromatic carbocycles. The molecule has 1 N–H and O–H groups in total. The zero-order valence-electron chi connectivity index (χ0n) is 60.6. The number of esters is 2. The van der Waals surface area contributed by atoms with Gasteiger partial charge in [-0.05, 0) is 83.5 Å². The van der Waals surface area contributed by atoms with Crippen LogP contribution < -0.4 is 0 Å². The molecule has 0 rings (SSSR count). The van der Waals surface area contributed by atoms with Crippen molar-refractivity contribution in [1.82, 2.24) is 0 Å². The summed E-state index contributed by atoms with van der Waals surface area (Å²) in [4.78, 5) is 24.7. The quantitative estimate of drug-likeness (QED) is 0.0373. The zero-order chi connectivity index (χ0) is 65.4. The normalized spacial score (nSPS) is 12.8. The van der Waals surface area contributed by atoms with Gasteiger partial charge >= 0.3 is 11.9 Å². The Balaban J connectivity index is 3.45. The molecule has 1 unspecified atom stereocenters. The van der Waals surface area contributed by atoms with Crippen LogP contribution in [-0.2, 0) is 19.1 Å².